The fourth-order valence-electron chi connectivity index (χ4n) is 1.42. The summed E-state index contributed by atoms with van der Waals surface area (Å²) in [5.41, 5.74) is 5.44. The molecule has 94 valence electrons. The van der Waals surface area contributed by atoms with Gasteiger partial charge in [-0.15, -0.1) is 0 Å². The van der Waals surface area contributed by atoms with Crippen LogP contribution in [0.1, 0.15) is 13.8 Å². The second-order valence-electron chi connectivity index (χ2n) is 4.37. The molecule has 0 unspecified atom stereocenters. The van der Waals surface area contributed by atoms with Gasteiger partial charge in [0.15, 0.2) is 0 Å². The smallest absolute Gasteiger partial charge is 0.329 e. The van der Waals surface area contributed by atoms with Crippen LogP contribution >= 0.6 is 0 Å². The number of alkyl halides is 4. The maximum atomic E-state index is 12.8. The molecule has 0 bridgehead atoms. The van der Waals surface area contributed by atoms with E-state index in [2.05, 4.69) is 0 Å². The second-order valence-corrected chi connectivity index (χ2v) is 4.37. The molecule has 1 heterocycles. The highest BCUT2D eigenvalue weighted by atomic mass is 19.3. The first-order valence-corrected chi connectivity index (χ1v) is 4.88. The maximum absolute atomic E-state index is 12.8. The zero-order valence-electron chi connectivity index (χ0n) is 9.01. The Morgan fingerprint density at radius 3 is 1.88 bits per heavy atom. The number of rotatable bonds is 2. The minimum absolute atomic E-state index is 0.282. The van der Waals surface area contributed by atoms with Crippen LogP contribution in [0.25, 0.3) is 0 Å². The van der Waals surface area contributed by atoms with Gasteiger partial charge >= 0.3 is 11.8 Å². The lowest BCUT2D eigenvalue weighted by Crippen LogP contribution is -2.46. The minimum Gasteiger partial charge on any atom is -0.329 e. The second kappa shape index (κ2) is 3.87. The third-order valence-electron chi connectivity index (χ3n) is 2.63. The molecular formula is C9H14F4N2O. The van der Waals surface area contributed by atoms with Gasteiger partial charge in [0.05, 0.1) is 19.1 Å². The molecule has 16 heavy (non-hydrogen) atoms. The topological polar surface area (TPSA) is 46.3 Å². The highest BCUT2D eigenvalue weighted by Crippen LogP contribution is 2.41. The predicted octanol–water partition coefficient (Wildman–Crippen LogP) is 1.08. The molecule has 0 aromatic carbocycles. The standard InChI is InChI=1S/C9H14F4N2O/c1-5(2)6(14)7(16)15-3-8(10,11)9(12,13)4-15/h5-6H,3-4,14H2,1-2H3/t6-/m0/s1. The Morgan fingerprint density at radius 2 is 1.56 bits per heavy atom. The monoisotopic (exact) mass is 242 g/mol. The zero-order valence-corrected chi connectivity index (χ0v) is 9.01. The van der Waals surface area contributed by atoms with Crippen LogP contribution in [0.4, 0.5) is 17.6 Å². The van der Waals surface area contributed by atoms with E-state index in [0.29, 0.717) is 4.90 Å². The van der Waals surface area contributed by atoms with Crippen molar-refractivity contribution in [1.29, 1.82) is 0 Å². The number of carbonyl (C=O) groups is 1. The Bertz CT molecular complexity index is 277. The van der Waals surface area contributed by atoms with E-state index in [0.717, 1.165) is 0 Å². The SMILES string of the molecule is CC(C)[C@H](N)C(=O)N1CC(F)(F)C(F)(F)C1. The highest BCUT2D eigenvalue weighted by molar-refractivity contribution is 5.82. The van der Waals surface area contributed by atoms with Crippen LogP contribution in [-0.4, -0.2) is 41.8 Å². The van der Waals surface area contributed by atoms with Crippen molar-refractivity contribution in [1.82, 2.24) is 4.90 Å². The summed E-state index contributed by atoms with van der Waals surface area (Å²) in [6.45, 7) is 0.711. The maximum Gasteiger partial charge on any atom is 0.329 e. The number of carbonyl (C=O) groups excluding carboxylic acids is 1. The first kappa shape index (κ1) is 13.2. The van der Waals surface area contributed by atoms with Crippen molar-refractivity contribution in [3.05, 3.63) is 0 Å². The number of nitrogens with zero attached hydrogens (tertiary/aromatic N) is 1. The lowest BCUT2D eigenvalue weighted by molar-refractivity contribution is -0.172. The summed E-state index contributed by atoms with van der Waals surface area (Å²) in [4.78, 5) is 11.9. The van der Waals surface area contributed by atoms with Gasteiger partial charge < -0.3 is 10.6 Å². The number of nitrogens with two attached hydrogens (primary N) is 1. The van der Waals surface area contributed by atoms with E-state index in [-0.39, 0.29) is 5.92 Å². The van der Waals surface area contributed by atoms with Gasteiger partial charge in [-0.1, -0.05) is 13.8 Å². The van der Waals surface area contributed by atoms with Crippen molar-refractivity contribution in [3.8, 4) is 0 Å². The molecule has 0 saturated carbocycles. The molecule has 0 aromatic heterocycles. The van der Waals surface area contributed by atoms with Crippen LogP contribution in [0.3, 0.4) is 0 Å². The Balaban J connectivity index is 2.77. The molecule has 3 nitrogen and oxygen atoms in total. The molecule has 1 aliphatic rings. The summed E-state index contributed by atoms with van der Waals surface area (Å²) < 4.78 is 51.2. The van der Waals surface area contributed by atoms with Gasteiger partial charge in [-0.25, -0.2) is 0 Å². The van der Waals surface area contributed by atoms with Crippen molar-refractivity contribution in [3.63, 3.8) is 0 Å². The van der Waals surface area contributed by atoms with Crippen molar-refractivity contribution in [2.75, 3.05) is 13.1 Å². The van der Waals surface area contributed by atoms with E-state index in [9.17, 15) is 22.4 Å². The summed E-state index contributed by atoms with van der Waals surface area (Å²) in [6, 6.07) is -1.02. The van der Waals surface area contributed by atoms with Crippen LogP contribution in [0.5, 0.6) is 0 Å². The zero-order chi connectivity index (χ0) is 12.7. The normalized spacial score (nSPS) is 24.9. The number of amides is 1. The van der Waals surface area contributed by atoms with E-state index in [1.165, 1.54) is 0 Å². The third-order valence-corrected chi connectivity index (χ3v) is 2.63. The Kier molecular flexibility index (Phi) is 3.20. The molecule has 0 spiro atoms. The van der Waals surface area contributed by atoms with Crippen molar-refractivity contribution in [2.45, 2.75) is 31.7 Å². The van der Waals surface area contributed by atoms with Gasteiger partial charge in [0.25, 0.3) is 0 Å². The Morgan fingerprint density at radius 1 is 1.19 bits per heavy atom. The average Bonchev–Trinajstić information content (AvgIpc) is 2.33. The molecule has 1 rings (SSSR count). The lowest BCUT2D eigenvalue weighted by atomic mass is 10.0. The van der Waals surface area contributed by atoms with Crippen molar-refractivity contribution < 1.29 is 22.4 Å². The molecule has 7 heteroatoms. The quantitative estimate of drug-likeness (QED) is 0.736. The molecule has 0 aliphatic carbocycles. The van der Waals surface area contributed by atoms with E-state index in [4.69, 9.17) is 5.73 Å². The predicted molar refractivity (Wildman–Crippen MR) is 49.3 cm³/mol. The van der Waals surface area contributed by atoms with Crippen LogP contribution in [0.15, 0.2) is 0 Å². The highest BCUT2D eigenvalue weighted by Gasteiger charge is 2.64. The van der Waals surface area contributed by atoms with Crippen LogP contribution in [0, 0.1) is 5.92 Å². The molecular weight excluding hydrogens is 228 g/mol. The number of likely N-dealkylation sites (tertiary alicyclic amines) is 1. The van der Waals surface area contributed by atoms with Gasteiger partial charge in [0.1, 0.15) is 0 Å². The van der Waals surface area contributed by atoms with E-state index >= 15 is 0 Å². The molecule has 1 atom stereocenters. The average molecular weight is 242 g/mol. The fraction of sp³-hybridized carbons (Fsp3) is 0.889. The van der Waals surface area contributed by atoms with E-state index in [1.807, 2.05) is 0 Å². The lowest BCUT2D eigenvalue weighted by Gasteiger charge is -2.22. The van der Waals surface area contributed by atoms with Gasteiger partial charge in [-0.05, 0) is 5.92 Å². The third kappa shape index (κ3) is 2.14. The molecule has 1 aliphatic heterocycles. The Hall–Kier alpha value is -0.850. The van der Waals surface area contributed by atoms with Crippen molar-refractivity contribution >= 4 is 5.91 Å². The molecule has 0 aromatic rings. The van der Waals surface area contributed by atoms with Gasteiger partial charge in [-0.2, -0.15) is 17.6 Å². The summed E-state index contributed by atoms with van der Waals surface area (Å²) in [6.07, 6.45) is 0. The van der Waals surface area contributed by atoms with Crippen LogP contribution in [-0.2, 0) is 4.79 Å². The summed E-state index contributed by atoms with van der Waals surface area (Å²) >= 11 is 0. The molecule has 1 amide bonds. The first-order valence-electron chi connectivity index (χ1n) is 4.88. The molecule has 0 radical (unpaired) electrons. The summed E-state index contributed by atoms with van der Waals surface area (Å²) in [5, 5.41) is 0. The minimum atomic E-state index is -4.17. The van der Waals surface area contributed by atoms with Crippen LogP contribution in [0.2, 0.25) is 0 Å². The van der Waals surface area contributed by atoms with Gasteiger partial charge in [-0.3, -0.25) is 4.79 Å². The Labute approximate surface area is 90.6 Å². The largest absolute Gasteiger partial charge is 0.329 e. The van der Waals surface area contributed by atoms with E-state index < -0.39 is 36.9 Å². The fourth-order valence-corrected chi connectivity index (χ4v) is 1.42. The summed E-state index contributed by atoms with van der Waals surface area (Å²) in [7, 11) is 0. The van der Waals surface area contributed by atoms with Gasteiger partial charge in [0, 0.05) is 0 Å². The molecule has 2 N–H and O–H groups in total. The summed E-state index contributed by atoms with van der Waals surface area (Å²) in [5.74, 6) is -9.47. The number of halogens is 4. The van der Waals surface area contributed by atoms with E-state index in [1.54, 1.807) is 13.8 Å². The number of hydrogen-bond acceptors (Lipinski definition) is 2. The van der Waals surface area contributed by atoms with Crippen molar-refractivity contribution in [2.24, 2.45) is 11.7 Å². The molecule has 1 fully saturated rings. The number of hydrogen-bond donors (Lipinski definition) is 1. The van der Waals surface area contributed by atoms with Gasteiger partial charge in [0.2, 0.25) is 5.91 Å². The van der Waals surface area contributed by atoms with Crippen LogP contribution < -0.4 is 5.73 Å². The molecule has 1 saturated heterocycles. The first-order chi connectivity index (χ1) is 7.08.